The van der Waals surface area contributed by atoms with Gasteiger partial charge in [0.1, 0.15) is 6.29 Å². The zero-order chi connectivity index (χ0) is 13.6. The summed E-state index contributed by atoms with van der Waals surface area (Å²) in [7, 11) is 0. The molecule has 0 unspecified atom stereocenters. The van der Waals surface area contributed by atoms with Gasteiger partial charge in [-0.1, -0.05) is 17.7 Å². The number of aldehydes is 1. The summed E-state index contributed by atoms with van der Waals surface area (Å²) in [4.78, 5) is 35.4. The van der Waals surface area contributed by atoms with E-state index in [1.807, 2.05) is 0 Å². The number of rotatable bonds is 1. The maximum Gasteiger partial charge on any atom is 0.194 e. The first-order valence-corrected chi connectivity index (χ1v) is 5.98. The molecular formula is C15H7ClO3. The molecule has 19 heavy (non-hydrogen) atoms. The van der Waals surface area contributed by atoms with Crippen molar-refractivity contribution < 1.29 is 14.4 Å². The second-order valence-electron chi connectivity index (χ2n) is 4.27. The van der Waals surface area contributed by atoms with Crippen LogP contribution in [0.1, 0.15) is 42.2 Å². The third kappa shape index (κ3) is 1.71. The van der Waals surface area contributed by atoms with E-state index in [-0.39, 0.29) is 17.1 Å². The summed E-state index contributed by atoms with van der Waals surface area (Å²) in [6.07, 6.45) is 0.648. The lowest BCUT2D eigenvalue weighted by molar-refractivity contribution is 0.0979. The normalized spacial score (nSPS) is 12.9. The first-order valence-electron chi connectivity index (χ1n) is 5.60. The lowest BCUT2D eigenvalue weighted by Crippen LogP contribution is -2.21. The number of hydrogen-bond donors (Lipinski definition) is 0. The Balaban J connectivity index is 2.29. The van der Waals surface area contributed by atoms with Crippen molar-refractivity contribution in [2.45, 2.75) is 0 Å². The molecule has 0 N–H and O–H groups in total. The minimum Gasteiger partial charge on any atom is -0.298 e. The van der Waals surface area contributed by atoms with Crippen LogP contribution in [0.3, 0.4) is 0 Å². The number of halogens is 1. The summed E-state index contributed by atoms with van der Waals surface area (Å²) < 4.78 is 0. The van der Waals surface area contributed by atoms with Gasteiger partial charge in [0.05, 0.1) is 0 Å². The number of carbonyl (C=O) groups excluding carboxylic acids is 3. The van der Waals surface area contributed by atoms with Crippen LogP contribution < -0.4 is 0 Å². The fourth-order valence-corrected chi connectivity index (χ4v) is 2.39. The Bertz CT molecular complexity index is 747. The van der Waals surface area contributed by atoms with Gasteiger partial charge in [-0.25, -0.2) is 0 Å². The molecule has 2 aromatic rings. The number of hydrogen-bond acceptors (Lipinski definition) is 3. The zero-order valence-electron chi connectivity index (χ0n) is 9.64. The fourth-order valence-electron chi connectivity index (χ4n) is 2.21. The van der Waals surface area contributed by atoms with Crippen LogP contribution in [0.5, 0.6) is 0 Å². The summed E-state index contributed by atoms with van der Waals surface area (Å²) in [6, 6.07) is 9.07. The van der Waals surface area contributed by atoms with Crippen molar-refractivity contribution in [3.8, 4) is 0 Å². The van der Waals surface area contributed by atoms with Gasteiger partial charge in [0.15, 0.2) is 11.6 Å². The Kier molecular flexibility index (Phi) is 2.57. The molecule has 3 rings (SSSR count). The van der Waals surface area contributed by atoms with Gasteiger partial charge in [0.2, 0.25) is 0 Å². The molecule has 0 atom stereocenters. The molecule has 0 saturated heterocycles. The number of carbonyl (C=O) groups is 3. The summed E-state index contributed by atoms with van der Waals surface area (Å²) in [5, 5.41) is 0.410. The Hall–Kier alpha value is -2.26. The van der Waals surface area contributed by atoms with Crippen molar-refractivity contribution in [1.82, 2.24) is 0 Å². The van der Waals surface area contributed by atoms with Gasteiger partial charge in [-0.2, -0.15) is 0 Å². The van der Waals surface area contributed by atoms with Crippen LogP contribution >= 0.6 is 11.6 Å². The van der Waals surface area contributed by atoms with Crippen molar-refractivity contribution in [2.24, 2.45) is 0 Å². The third-order valence-corrected chi connectivity index (χ3v) is 3.37. The highest BCUT2D eigenvalue weighted by molar-refractivity contribution is 6.33. The zero-order valence-corrected chi connectivity index (χ0v) is 10.4. The van der Waals surface area contributed by atoms with Crippen LogP contribution in [0.25, 0.3) is 0 Å². The molecule has 3 nitrogen and oxygen atoms in total. The van der Waals surface area contributed by atoms with Crippen molar-refractivity contribution in [3.63, 3.8) is 0 Å². The molecule has 0 bridgehead atoms. The van der Waals surface area contributed by atoms with Crippen LogP contribution in [0, 0.1) is 0 Å². The van der Waals surface area contributed by atoms with Gasteiger partial charge in [-0.05, 0) is 30.3 Å². The molecule has 0 aliphatic heterocycles. The van der Waals surface area contributed by atoms with E-state index in [0.29, 0.717) is 33.6 Å². The quantitative estimate of drug-likeness (QED) is 0.639. The molecule has 0 fully saturated rings. The van der Waals surface area contributed by atoms with Crippen LogP contribution in [0.2, 0.25) is 5.02 Å². The second kappa shape index (κ2) is 4.14. The lowest BCUT2D eigenvalue weighted by atomic mass is 9.83. The van der Waals surface area contributed by atoms with Gasteiger partial charge in [-0.3, -0.25) is 14.4 Å². The standard InChI is InChI=1S/C15H7ClO3/c16-9-2-4-11-13(6-9)15(19)10-3-1-8(7-17)5-12(10)14(11)18/h1-7H. The maximum absolute atomic E-state index is 12.3. The average Bonchev–Trinajstić information content (AvgIpc) is 2.44. The highest BCUT2D eigenvalue weighted by atomic mass is 35.5. The Morgan fingerprint density at radius 3 is 2.00 bits per heavy atom. The highest BCUT2D eigenvalue weighted by Gasteiger charge is 2.29. The van der Waals surface area contributed by atoms with E-state index in [9.17, 15) is 14.4 Å². The van der Waals surface area contributed by atoms with E-state index >= 15 is 0 Å². The van der Waals surface area contributed by atoms with E-state index in [0.717, 1.165) is 0 Å². The molecule has 0 heterocycles. The van der Waals surface area contributed by atoms with Gasteiger partial charge in [0, 0.05) is 32.8 Å². The van der Waals surface area contributed by atoms with E-state index in [4.69, 9.17) is 11.6 Å². The van der Waals surface area contributed by atoms with E-state index < -0.39 is 0 Å². The molecule has 0 aromatic heterocycles. The van der Waals surface area contributed by atoms with Crippen LogP contribution in [-0.4, -0.2) is 17.9 Å². The minimum atomic E-state index is -0.259. The van der Waals surface area contributed by atoms with E-state index in [2.05, 4.69) is 0 Å². The third-order valence-electron chi connectivity index (χ3n) is 3.14. The van der Waals surface area contributed by atoms with Crippen LogP contribution in [-0.2, 0) is 0 Å². The molecule has 0 saturated carbocycles. The summed E-state index contributed by atoms with van der Waals surface area (Å²) in [5.74, 6) is -0.505. The van der Waals surface area contributed by atoms with Gasteiger partial charge >= 0.3 is 0 Å². The molecule has 0 amide bonds. The first kappa shape index (κ1) is 11.8. The topological polar surface area (TPSA) is 51.2 Å². The fraction of sp³-hybridized carbons (Fsp3) is 0. The second-order valence-corrected chi connectivity index (χ2v) is 4.71. The SMILES string of the molecule is O=Cc1ccc2c(c1)C(=O)c1ccc(Cl)cc1C2=O. The predicted molar refractivity (Wildman–Crippen MR) is 70.1 cm³/mol. The van der Waals surface area contributed by atoms with E-state index in [1.165, 1.54) is 30.3 Å². The van der Waals surface area contributed by atoms with Gasteiger partial charge < -0.3 is 0 Å². The summed E-state index contributed by atoms with van der Waals surface area (Å²) in [5.41, 5.74) is 1.58. The van der Waals surface area contributed by atoms with Crippen molar-refractivity contribution >= 4 is 29.5 Å². The summed E-state index contributed by atoms with van der Waals surface area (Å²) in [6.45, 7) is 0. The monoisotopic (exact) mass is 270 g/mol. The van der Waals surface area contributed by atoms with Crippen molar-refractivity contribution in [1.29, 1.82) is 0 Å². The van der Waals surface area contributed by atoms with Crippen LogP contribution in [0.4, 0.5) is 0 Å². The first-order chi connectivity index (χ1) is 9.11. The number of fused-ring (bicyclic) bond motifs is 2. The molecule has 2 aromatic carbocycles. The molecule has 1 aliphatic carbocycles. The molecular weight excluding hydrogens is 264 g/mol. The maximum atomic E-state index is 12.3. The van der Waals surface area contributed by atoms with Crippen molar-refractivity contribution in [2.75, 3.05) is 0 Å². The smallest absolute Gasteiger partial charge is 0.194 e. The molecule has 0 radical (unpaired) electrons. The Morgan fingerprint density at radius 2 is 1.37 bits per heavy atom. The average molecular weight is 271 g/mol. The van der Waals surface area contributed by atoms with Gasteiger partial charge in [0.25, 0.3) is 0 Å². The number of ketones is 2. The minimum absolute atomic E-state index is 0.246. The van der Waals surface area contributed by atoms with E-state index in [1.54, 1.807) is 6.07 Å². The van der Waals surface area contributed by atoms with Crippen LogP contribution in [0.15, 0.2) is 36.4 Å². The largest absolute Gasteiger partial charge is 0.298 e. The molecule has 1 aliphatic rings. The highest BCUT2D eigenvalue weighted by Crippen LogP contribution is 2.29. The molecule has 4 heteroatoms. The van der Waals surface area contributed by atoms with Gasteiger partial charge in [-0.15, -0.1) is 0 Å². The summed E-state index contributed by atoms with van der Waals surface area (Å²) >= 11 is 5.85. The van der Waals surface area contributed by atoms with Crippen molar-refractivity contribution in [3.05, 3.63) is 69.2 Å². The lowest BCUT2D eigenvalue weighted by Gasteiger charge is -2.17. The Labute approximate surface area is 113 Å². The molecule has 0 spiro atoms. The predicted octanol–water partition coefficient (Wildman–Crippen LogP) is 2.93. The molecule has 92 valence electrons. The Morgan fingerprint density at radius 1 is 0.789 bits per heavy atom. The number of benzene rings is 2.